The van der Waals surface area contributed by atoms with Crippen molar-refractivity contribution >= 4 is 35.1 Å². The Morgan fingerprint density at radius 2 is 2.00 bits per heavy atom. The molecule has 0 saturated heterocycles. The Morgan fingerprint density at radius 3 is 2.71 bits per heavy atom. The van der Waals surface area contributed by atoms with Crippen LogP contribution >= 0.6 is 11.6 Å². The highest BCUT2D eigenvalue weighted by Gasteiger charge is 2.17. The number of rotatable bonds is 2. The van der Waals surface area contributed by atoms with E-state index >= 15 is 0 Å². The molecule has 17 heavy (non-hydrogen) atoms. The Bertz CT molecular complexity index is 494. The van der Waals surface area contributed by atoms with Crippen molar-refractivity contribution in [1.29, 1.82) is 0 Å². The molecule has 0 unspecified atom stereocenters. The van der Waals surface area contributed by atoms with E-state index in [9.17, 15) is 9.59 Å². The first-order chi connectivity index (χ1) is 8.22. The summed E-state index contributed by atoms with van der Waals surface area (Å²) in [6.07, 6.45) is 3.86. The Morgan fingerprint density at radius 1 is 1.24 bits per heavy atom. The van der Waals surface area contributed by atoms with E-state index in [0.29, 0.717) is 41.1 Å². The third-order valence-electron chi connectivity index (χ3n) is 2.78. The molecule has 0 N–H and O–H groups in total. The minimum absolute atomic E-state index is 0.0869. The van der Waals surface area contributed by atoms with Gasteiger partial charge in [-0.25, -0.2) is 4.99 Å². The van der Waals surface area contributed by atoms with Crippen LogP contribution in [0.3, 0.4) is 0 Å². The molecule has 0 bridgehead atoms. The fourth-order valence-electron chi connectivity index (χ4n) is 1.84. The SMILES string of the molecule is O=Cc1cccc(N=C2CCCCC2=O)c1Cl. The van der Waals surface area contributed by atoms with Crippen molar-refractivity contribution < 1.29 is 9.59 Å². The first-order valence-electron chi connectivity index (χ1n) is 5.57. The molecule has 0 radical (unpaired) electrons. The van der Waals surface area contributed by atoms with Gasteiger partial charge < -0.3 is 0 Å². The second-order valence-corrected chi connectivity index (χ2v) is 4.36. The number of aldehydes is 1. The molecule has 1 fully saturated rings. The maximum absolute atomic E-state index is 11.6. The van der Waals surface area contributed by atoms with E-state index in [-0.39, 0.29) is 5.78 Å². The highest BCUT2D eigenvalue weighted by molar-refractivity contribution is 6.41. The van der Waals surface area contributed by atoms with E-state index in [0.717, 1.165) is 12.8 Å². The monoisotopic (exact) mass is 249 g/mol. The molecule has 4 heteroatoms. The van der Waals surface area contributed by atoms with Gasteiger partial charge in [-0.05, 0) is 25.3 Å². The molecule has 0 spiro atoms. The number of nitrogens with zero attached hydrogens (tertiary/aromatic N) is 1. The lowest BCUT2D eigenvalue weighted by atomic mass is 9.97. The molecule has 1 aromatic rings. The molecule has 1 saturated carbocycles. The van der Waals surface area contributed by atoms with Crippen LogP contribution < -0.4 is 0 Å². The van der Waals surface area contributed by atoms with Crippen LogP contribution in [-0.4, -0.2) is 17.8 Å². The lowest BCUT2D eigenvalue weighted by Gasteiger charge is -2.11. The summed E-state index contributed by atoms with van der Waals surface area (Å²) in [7, 11) is 0. The van der Waals surface area contributed by atoms with Gasteiger partial charge in [0.1, 0.15) is 0 Å². The zero-order valence-corrected chi connectivity index (χ0v) is 10.0. The van der Waals surface area contributed by atoms with Crippen LogP contribution in [0.1, 0.15) is 36.0 Å². The summed E-state index contributed by atoms with van der Waals surface area (Å²) in [5.74, 6) is 0.0869. The van der Waals surface area contributed by atoms with Gasteiger partial charge in [-0.1, -0.05) is 23.7 Å². The van der Waals surface area contributed by atoms with E-state index in [1.165, 1.54) is 0 Å². The predicted molar refractivity (Wildman–Crippen MR) is 67.4 cm³/mol. The van der Waals surface area contributed by atoms with Gasteiger partial charge in [0.15, 0.2) is 12.1 Å². The number of carbonyl (C=O) groups is 2. The van der Waals surface area contributed by atoms with Gasteiger partial charge >= 0.3 is 0 Å². The summed E-state index contributed by atoms with van der Waals surface area (Å²) in [6, 6.07) is 5.05. The van der Waals surface area contributed by atoms with Gasteiger partial charge in [-0.3, -0.25) is 9.59 Å². The zero-order valence-electron chi connectivity index (χ0n) is 9.28. The number of benzene rings is 1. The fraction of sp³-hybridized carbons (Fsp3) is 0.308. The van der Waals surface area contributed by atoms with E-state index in [4.69, 9.17) is 11.6 Å². The van der Waals surface area contributed by atoms with E-state index in [1.807, 2.05) is 0 Å². The van der Waals surface area contributed by atoms with Crippen LogP contribution in [0.4, 0.5) is 5.69 Å². The molecule has 1 aromatic carbocycles. The predicted octanol–water partition coefficient (Wildman–Crippen LogP) is 3.37. The molecular formula is C13H12ClNO2. The topological polar surface area (TPSA) is 46.5 Å². The Balaban J connectivity index is 2.37. The summed E-state index contributed by atoms with van der Waals surface area (Å²) >= 11 is 6.03. The van der Waals surface area contributed by atoms with Crippen molar-refractivity contribution in [2.24, 2.45) is 4.99 Å². The van der Waals surface area contributed by atoms with Crippen LogP contribution in [-0.2, 0) is 4.79 Å². The van der Waals surface area contributed by atoms with Gasteiger partial charge in [-0.2, -0.15) is 0 Å². The average Bonchev–Trinajstić information content (AvgIpc) is 2.34. The molecule has 3 nitrogen and oxygen atoms in total. The molecule has 0 heterocycles. The molecule has 0 aromatic heterocycles. The number of Topliss-reactive ketones (excluding diaryl/α,β-unsaturated/α-hetero) is 1. The number of aliphatic imine (C=N–C) groups is 1. The quantitative estimate of drug-likeness (QED) is 0.755. The van der Waals surface area contributed by atoms with E-state index < -0.39 is 0 Å². The Kier molecular flexibility index (Phi) is 3.69. The largest absolute Gasteiger partial charge is 0.298 e. The minimum Gasteiger partial charge on any atom is -0.298 e. The first kappa shape index (κ1) is 12.0. The van der Waals surface area contributed by atoms with Crippen molar-refractivity contribution in [2.75, 3.05) is 0 Å². The van der Waals surface area contributed by atoms with Crippen molar-refractivity contribution in [1.82, 2.24) is 0 Å². The molecular weight excluding hydrogens is 238 g/mol. The van der Waals surface area contributed by atoms with E-state index in [2.05, 4.69) is 4.99 Å². The first-order valence-corrected chi connectivity index (χ1v) is 5.94. The van der Waals surface area contributed by atoms with Crippen molar-refractivity contribution in [3.8, 4) is 0 Å². The van der Waals surface area contributed by atoms with E-state index in [1.54, 1.807) is 18.2 Å². The van der Waals surface area contributed by atoms with Gasteiger partial charge in [-0.15, -0.1) is 0 Å². The third-order valence-corrected chi connectivity index (χ3v) is 3.19. The van der Waals surface area contributed by atoms with Crippen LogP contribution in [0.15, 0.2) is 23.2 Å². The number of ketones is 1. The van der Waals surface area contributed by atoms with Gasteiger partial charge in [0, 0.05) is 12.0 Å². The van der Waals surface area contributed by atoms with Crippen LogP contribution in [0.25, 0.3) is 0 Å². The van der Waals surface area contributed by atoms with Crippen LogP contribution in [0.2, 0.25) is 5.02 Å². The third kappa shape index (κ3) is 2.61. The highest BCUT2D eigenvalue weighted by atomic mass is 35.5. The highest BCUT2D eigenvalue weighted by Crippen LogP contribution is 2.28. The summed E-state index contributed by atoms with van der Waals surface area (Å²) in [5.41, 5.74) is 1.47. The maximum Gasteiger partial charge on any atom is 0.177 e. The number of hydrogen-bond donors (Lipinski definition) is 0. The smallest absolute Gasteiger partial charge is 0.177 e. The minimum atomic E-state index is 0.0869. The number of halogens is 1. The lowest BCUT2D eigenvalue weighted by Crippen LogP contribution is -2.18. The van der Waals surface area contributed by atoms with Crippen molar-refractivity contribution in [3.05, 3.63) is 28.8 Å². The van der Waals surface area contributed by atoms with Crippen LogP contribution in [0, 0.1) is 0 Å². The van der Waals surface area contributed by atoms with Crippen LogP contribution in [0.5, 0.6) is 0 Å². The maximum atomic E-state index is 11.6. The van der Waals surface area contributed by atoms with Crippen molar-refractivity contribution in [3.63, 3.8) is 0 Å². The molecule has 0 atom stereocenters. The zero-order chi connectivity index (χ0) is 12.3. The molecule has 0 aliphatic heterocycles. The normalized spacial score (nSPS) is 18.4. The Labute approximate surface area is 105 Å². The second kappa shape index (κ2) is 5.23. The number of carbonyl (C=O) groups excluding carboxylic acids is 2. The Hall–Kier alpha value is -1.48. The van der Waals surface area contributed by atoms with Gasteiger partial charge in [0.25, 0.3) is 0 Å². The number of hydrogen-bond acceptors (Lipinski definition) is 3. The van der Waals surface area contributed by atoms with Crippen molar-refractivity contribution in [2.45, 2.75) is 25.7 Å². The fourth-order valence-corrected chi connectivity index (χ4v) is 2.05. The summed E-state index contributed by atoms with van der Waals surface area (Å²) in [6.45, 7) is 0. The summed E-state index contributed by atoms with van der Waals surface area (Å²) in [5, 5.41) is 0.313. The summed E-state index contributed by atoms with van der Waals surface area (Å²) in [4.78, 5) is 26.6. The molecule has 88 valence electrons. The van der Waals surface area contributed by atoms with Gasteiger partial charge in [0.05, 0.1) is 16.4 Å². The molecule has 1 aliphatic carbocycles. The lowest BCUT2D eigenvalue weighted by molar-refractivity contribution is -0.113. The molecule has 0 amide bonds. The average molecular weight is 250 g/mol. The van der Waals surface area contributed by atoms with Gasteiger partial charge in [0.2, 0.25) is 0 Å². The standard InChI is InChI=1S/C13H12ClNO2/c14-13-9(8-16)4-3-6-11(13)15-10-5-1-2-7-12(10)17/h3-4,6,8H,1-2,5,7H2. The molecule has 2 rings (SSSR count). The summed E-state index contributed by atoms with van der Waals surface area (Å²) < 4.78 is 0. The second-order valence-electron chi connectivity index (χ2n) is 3.99. The molecule has 1 aliphatic rings.